The number of hydrogen-bond donors (Lipinski definition) is 6. The molecule has 7 N–H and O–H groups in total. The zero-order valence-corrected chi connectivity index (χ0v) is 5.88. The van der Waals surface area contributed by atoms with Crippen LogP contribution in [0.5, 0.6) is 0 Å². The summed E-state index contributed by atoms with van der Waals surface area (Å²) in [5.41, 5.74) is 2.64. The SMILES string of the molecule is N[C@](O)(CO)[C@H](O)[C@H](O)CO. The molecule has 68 valence electrons. The third-order valence-electron chi connectivity index (χ3n) is 1.32. The number of rotatable bonds is 4. The molecule has 0 unspecified atom stereocenters. The lowest BCUT2D eigenvalue weighted by atomic mass is 10.0. The van der Waals surface area contributed by atoms with Crippen molar-refractivity contribution in [3.05, 3.63) is 0 Å². The Morgan fingerprint density at radius 1 is 1.27 bits per heavy atom. The second kappa shape index (κ2) is 3.96. The smallest absolute Gasteiger partial charge is 0.165 e. The molecule has 0 rings (SSSR count). The Morgan fingerprint density at radius 3 is 2.00 bits per heavy atom. The standard InChI is InChI=1S/C5H13NO5/c6-5(11,2-8)4(10)3(9)1-7/h3-4,7-11H,1-2,6H2/t3-,4-,5+/m1/s1. The highest BCUT2D eigenvalue weighted by Crippen LogP contribution is 2.06. The molecule has 0 aromatic heterocycles. The maximum absolute atomic E-state index is 8.90. The van der Waals surface area contributed by atoms with Gasteiger partial charge < -0.3 is 25.5 Å². The van der Waals surface area contributed by atoms with E-state index in [1.807, 2.05) is 0 Å². The lowest BCUT2D eigenvalue weighted by molar-refractivity contribution is -0.150. The number of aliphatic hydroxyl groups is 5. The molecule has 0 aliphatic carbocycles. The number of hydrogen-bond acceptors (Lipinski definition) is 6. The summed E-state index contributed by atoms with van der Waals surface area (Å²) in [5, 5.41) is 43.2. The summed E-state index contributed by atoms with van der Waals surface area (Å²) in [6.45, 7) is -1.63. The maximum Gasteiger partial charge on any atom is 0.165 e. The fraction of sp³-hybridized carbons (Fsp3) is 1.00. The first-order valence-corrected chi connectivity index (χ1v) is 3.04. The van der Waals surface area contributed by atoms with E-state index < -0.39 is 31.1 Å². The predicted octanol–water partition coefficient (Wildman–Crippen LogP) is -3.66. The largest absolute Gasteiger partial charge is 0.394 e. The molecule has 0 fully saturated rings. The molecule has 0 radical (unpaired) electrons. The van der Waals surface area contributed by atoms with Crippen molar-refractivity contribution in [3.8, 4) is 0 Å². The van der Waals surface area contributed by atoms with Crippen LogP contribution in [0.4, 0.5) is 0 Å². The second-order valence-corrected chi connectivity index (χ2v) is 2.34. The quantitative estimate of drug-likeness (QED) is 0.239. The molecule has 0 saturated carbocycles. The Bertz CT molecular complexity index is 117. The Balaban J connectivity index is 4.10. The van der Waals surface area contributed by atoms with Gasteiger partial charge in [-0.1, -0.05) is 0 Å². The molecule has 3 atom stereocenters. The van der Waals surface area contributed by atoms with E-state index in [1.165, 1.54) is 0 Å². The summed E-state index contributed by atoms with van der Waals surface area (Å²) in [7, 11) is 0. The van der Waals surface area contributed by atoms with Gasteiger partial charge in [0, 0.05) is 0 Å². The number of nitrogens with two attached hydrogens (primary N) is 1. The van der Waals surface area contributed by atoms with Gasteiger partial charge in [-0.15, -0.1) is 0 Å². The van der Waals surface area contributed by atoms with Crippen LogP contribution in [0.2, 0.25) is 0 Å². The molecule has 0 aliphatic rings. The summed E-state index contributed by atoms with van der Waals surface area (Å²) in [6.07, 6.45) is -3.32. The Kier molecular flexibility index (Phi) is 3.87. The van der Waals surface area contributed by atoms with Crippen LogP contribution in [-0.4, -0.2) is 56.7 Å². The van der Waals surface area contributed by atoms with Gasteiger partial charge in [0.05, 0.1) is 13.2 Å². The number of aliphatic hydroxyl groups excluding tert-OH is 4. The van der Waals surface area contributed by atoms with Gasteiger partial charge in [-0.25, -0.2) is 0 Å². The van der Waals surface area contributed by atoms with Gasteiger partial charge >= 0.3 is 0 Å². The van der Waals surface area contributed by atoms with Crippen molar-refractivity contribution in [1.82, 2.24) is 0 Å². The predicted molar refractivity (Wildman–Crippen MR) is 35.3 cm³/mol. The minimum Gasteiger partial charge on any atom is -0.394 e. The zero-order chi connectivity index (χ0) is 9.07. The average Bonchev–Trinajstić information content (AvgIpc) is 2.01. The summed E-state index contributed by atoms with van der Waals surface area (Å²) in [6, 6.07) is 0. The van der Waals surface area contributed by atoms with Gasteiger partial charge in [-0.05, 0) is 0 Å². The van der Waals surface area contributed by atoms with Gasteiger partial charge in [0.15, 0.2) is 5.72 Å². The summed E-state index contributed by atoms with van der Waals surface area (Å²) >= 11 is 0. The lowest BCUT2D eigenvalue weighted by Gasteiger charge is -2.29. The highest BCUT2D eigenvalue weighted by molar-refractivity contribution is 4.84. The first-order chi connectivity index (χ1) is 4.95. The minimum absolute atomic E-state index is 0.735. The zero-order valence-electron chi connectivity index (χ0n) is 5.88. The van der Waals surface area contributed by atoms with Crippen LogP contribution in [0, 0.1) is 0 Å². The Hall–Kier alpha value is -0.240. The highest BCUT2D eigenvalue weighted by atomic mass is 16.4. The van der Waals surface area contributed by atoms with E-state index in [0.29, 0.717) is 0 Å². The molecule has 0 aromatic rings. The van der Waals surface area contributed by atoms with Crippen LogP contribution in [0.1, 0.15) is 0 Å². The molecular weight excluding hydrogens is 154 g/mol. The first-order valence-electron chi connectivity index (χ1n) is 3.04. The van der Waals surface area contributed by atoms with Crippen LogP contribution in [0.25, 0.3) is 0 Å². The van der Waals surface area contributed by atoms with E-state index in [1.54, 1.807) is 0 Å². The molecule has 0 spiro atoms. The van der Waals surface area contributed by atoms with Gasteiger partial charge in [0.1, 0.15) is 12.2 Å². The molecule has 11 heavy (non-hydrogen) atoms. The average molecular weight is 167 g/mol. The normalized spacial score (nSPS) is 22.4. The van der Waals surface area contributed by atoms with Gasteiger partial charge in [-0.2, -0.15) is 0 Å². The summed E-state index contributed by atoms with van der Waals surface area (Å²) < 4.78 is 0. The molecule has 0 amide bonds. The third kappa shape index (κ3) is 2.70. The monoisotopic (exact) mass is 167 g/mol. The lowest BCUT2D eigenvalue weighted by Crippen LogP contribution is -2.59. The Labute approximate surface area is 63.5 Å². The fourth-order valence-electron chi connectivity index (χ4n) is 0.527. The third-order valence-corrected chi connectivity index (χ3v) is 1.32. The molecule has 0 saturated heterocycles. The van der Waals surface area contributed by atoms with Crippen molar-refractivity contribution in [1.29, 1.82) is 0 Å². The molecule has 0 aliphatic heterocycles. The van der Waals surface area contributed by atoms with Crippen LogP contribution >= 0.6 is 0 Å². The highest BCUT2D eigenvalue weighted by Gasteiger charge is 2.35. The van der Waals surface area contributed by atoms with E-state index >= 15 is 0 Å². The Morgan fingerprint density at radius 2 is 1.73 bits per heavy atom. The van der Waals surface area contributed by atoms with Crippen molar-refractivity contribution in [2.75, 3.05) is 13.2 Å². The molecule has 6 heteroatoms. The van der Waals surface area contributed by atoms with E-state index in [-0.39, 0.29) is 0 Å². The summed E-state index contributed by atoms with van der Waals surface area (Å²) in [4.78, 5) is 0. The van der Waals surface area contributed by atoms with Gasteiger partial charge in [0.2, 0.25) is 0 Å². The van der Waals surface area contributed by atoms with Crippen LogP contribution in [0.15, 0.2) is 0 Å². The van der Waals surface area contributed by atoms with E-state index in [0.717, 1.165) is 0 Å². The van der Waals surface area contributed by atoms with E-state index in [9.17, 15) is 0 Å². The van der Waals surface area contributed by atoms with Crippen LogP contribution in [-0.2, 0) is 0 Å². The molecule has 0 bridgehead atoms. The topological polar surface area (TPSA) is 127 Å². The van der Waals surface area contributed by atoms with E-state index in [2.05, 4.69) is 0 Å². The minimum atomic E-state index is -2.28. The molecule has 6 nitrogen and oxygen atoms in total. The molecule has 0 heterocycles. The summed E-state index contributed by atoms with van der Waals surface area (Å²) in [5.74, 6) is 0. The fourth-order valence-corrected chi connectivity index (χ4v) is 0.527. The first kappa shape index (κ1) is 10.8. The molecule has 0 aromatic carbocycles. The van der Waals surface area contributed by atoms with Gasteiger partial charge in [0.25, 0.3) is 0 Å². The van der Waals surface area contributed by atoms with E-state index in [4.69, 9.17) is 31.3 Å². The van der Waals surface area contributed by atoms with Crippen molar-refractivity contribution >= 4 is 0 Å². The van der Waals surface area contributed by atoms with Crippen molar-refractivity contribution in [3.63, 3.8) is 0 Å². The second-order valence-electron chi connectivity index (χ2n) is 2.34. The van der Waals surface area contributed by atoms with Crippen molar-refractivity contribution < 1.29 is 25.5 Å². The van der Waals surface area contributed by atoms with Gasteiger partial charge in [-0.3, -0.25) is 5.73 Å². The van der Waals surface area contributed by atoms with Crippen LogP contribution < -0.4 is 5.73 Å². The van der Waals surface area contributed by atoms with Crippen molar-refractivity contribution in [2.24, 2.45) is 5.73 Å². The van der Waals surface area contributed by atoms with Crippen molar-refractivity contribution in [2.45, 2.75) is 17.9 Å². The molecular formula is C5H13NO5. The maximum atomic E-state index is 8.90. The van der Waals surface area contributed by atoms with Crippen LogP contribution in [0.3, 0.4) is 0 Å².